The van der Waals surface area contributed by atoms with Gasteiger partial charge in [-0.25, -0.2) is 4.39 Å². The van der Waals surface area contributed by atoms with Gasteiger partial charge in [0, 0.05) is 42.6 Å². The molecule has 2 aliphatic heterocycles. The number of benzene rings is 3. The van der Waals surface area contributed by atoms with Crippen molar-refractivity contribution in [2.45, 2.75) is 50.5 Å². The first-order valence-corrected chi connectivity index (χ1v) is 15.9. The van der Waals surface area contributed by atoms with E-state index in [0.29, 0.717) is 49.2 Å². The standard InChI is InChI=1S/C34H38Cl2FN3O4/c1-2-3-29(33(41)38-16-17-39-18-20-43-21-19-39)40-31(24-6-10-26(35)11-7-24)32(25-8-12-27(36)13-9-25)44-30(34(40)42)22-23-4-14-28(37)15-5-23/h4-15,29-32H,2-3,16-22H2,1H3,(H,38,41)/t29-,30+,31-,32+/m0/s1. The Hall–Kier alpha value is -3.01. The minimum atomic E-state index is -0.898. The fourth-order valence-electron chi connectivity index (χ4n) is 5.93. The van der Waals surface area contributed by atoms with Gasteiger partial charge in [0.05, 0.1) is 19.3 Å². The Labute approximate surface area is 268 Å². The Morgan fingerprint density at radius 1 is 0.955 bits per heavy atom. The monoisotopic (exact) mass is 641 g/mol. The maximum atomic E-state index is 14.5. The summed E-state index contributed by atoms with van der Waals surface area (Å²) < 4.78 is 25.8. The molecule has 5 rings (SSSR count). The minimum absolute atomic E-state index is 0.204. The van der Waals surface area contributed by atoms with Gasteiger partial charge in [0.1, 0.15) is 24.1 Å². The molecule has 0 unspecified atom stereocenters. The maximum Gasteiger partial charge on any atom is 0.253 e. The predicted octanol–water partition coefficient (Wildman–Crippen LogP) is 6.00. The Bertz CT molecular complexity index is 1390. The highest BCUT2D eigenvalue weighted by Crippen LogP contribution is 2.44. The Kier molecular flexibility index (Phi) is 11.3. The van der Waals surface area contributed by atoms with Gasteiger partial charge in [-0.05, 0) is 59.5 Å². The summed E-state index contributed by atoms with van der Waals surface area (Å²) in [5.74, 6) is -0.851. The highest BCUT2D eigenvalue weighted by atomic mass is 35.5. The lowest BCUT2D eigenvalue weighted by molar-refractivity contribution is -0.181. The van der Waals surface area contributed by atoms with Crippen molar-refractivity contribution in [3.63, 3.8) is 0 Å². The van der Waals surface area contributed by atoms with E-state index >= 15 is 0 Å². The van der Waals surface area contributed by atoms with E-state index in [1.807, 2.05) is 31.2 Å². The van der Waals surface area contributed by atoms with Crippen molar-refractivity contribution >= 4 is 35.0 Å². The first-order valence-electron chi connectivity index (χ1n) is 15.1. The summed E-state index contributed by atoms with van der Waals surface area (Å²) in [7, 11) is 0. The average Bonchev–Trinajstić information content (AvgIpc) is 3.03. The summed E-state index contributed by atoms with van der Waals surface area (Å²) >= 11 is 12.5. The number of nitrogens with zero attached hydrogens (tertiary/aromatic N) is 2. The van der Waals surface area contributed by atoms with Crippen molar-refractivity contribution in [1.82, 2.24) is 15.1 Å². The van der Waals surface area contributed by atoms with Crippen LogP contribution in [0, 0.1) is 5.82 Å². The first kappa shape index (κ1) is 32.4. The van der Waals surface area contributed by atoms with E-state index in [9.17, 15) is 14.0 Å². The molecule has 1 N–H and O–H groups in total. The number of hydrogen-bond acceptors (Lipinski definition) is 5. The number of morpholine rings is 2. The summed E-state index contributed by atoms with van der Waals surface area (Å²) in [5, 5.41) is 4.25. The van der Waals surface area contributed by atoms with E-state index in [-0.39, 0.29) is 24.1 Å². The highest BCUT2D eigenvalue weighted by Gasteiger charge is 2.48. The van der Waals surface area contributed by atoms with E-state index < -0.39 is 24.3 Å². The van der Waals surface area contributed by atoms with Gasteiger partial charge >= 0.3 is 0 Å². The van der Waals surface area contributed by atoms with Gasteiger partial charge in [0.15, 0.2) is 0 Å². The molecule has 44 heavy (non-hydrogen) atoms. The van der Waals surface area contributed by atoms with Crippen LogP contribution in [0.25, 0.3) is 0 Å². The third-order valence-electron chi connectivity index (χ3n) is 8.20. The summed E-state index contributed by atoms with van der Waals surface area (Å²) in [6, 6.07) is 19.3. The van der Waals surface area contributed by atoms with Crippen LogP contribution in [0.1, 0.15) is 48.6 Å². The SMILES string of the molecule is CCC[C@@H](C(=O)NCCN1CCOCC1)N1C(=O)[C@@H](Cc2ccc(F)cc2)O[C@H](c2ccc(Cl)cc2)[C@@H]1c1ccc(Cl)cc1. The quantitative estimate of drug-likeness (QED) is 0.278. The van der Waals surface area contributed by atoms with Gasteiger partial charge in [-0.2, -0.15) is 0 Å². The highest BCUT2D eigenvalue weighted by molar-refractivity contribution is 6.30. The Balaban J connectivity index is 1.52. The molecule has 2 saturated heterocycles. The minimum Gasteiger partial charge on any atom is -0.379 e. The van der Waals surface area contributed by atoms with E-state index in [4.69, 9.17) is 32.7 Å². The topological polar surface area (TPSA) is 71.1 Å². The van der Waals surface area contributed by atoms with Crippen LogP contribution in [0.3, 0.4) is 0 Å². The number of carbonyl (C=O) groups excluding carboxylic acids is 2. The number of carbonyl (C=O) groups is 2. The Morgan fingerprint density at radius 2 is 1.57 bits per heavy atom. The number of nitrogens with one attached hydrogen (secondary N) is 1. The van der Waals surface area contributed by atoms with Gasteiger partial charge in [0.2, 0.25) is 5.91 Å². The average molecular weight is 643 g/mol. The molecule has 0 saturated carbocycles. The molecular formula is C34H38Cl2FN3O4. The smallest absolute Gasteiger partial charge is 0.253 e. The Morgan fingerprint density at radius 3 is 2.18 bits per heavy atom. The molecule has 4 atom stereocenters. The van der Waals surface area contributed by atoms with Crippen LogP contribution in [0.15, 0.2) is 72.8 Å². The van der Waals surface area contributed by atoms with E-state index in [2.05, 4.69) is 10.2 Å². The summed E-state index contributed by atoms with van der Waals surface area (Å²) in [6.07, 6.45) is -0.129. The van der Waals surface area contributed by atoms with Crippen molar-refractivity contribution in [3.8, 4) is 0 Å². The summed E-state index contributed by atoms with van der Waals surface area (Å²) in [4.78, 5) is 32.4. The molecule has 0 bridgehead atoms. The third-order valence-corrected chi connectivity index (χ3v) is 8.71. The molecule has 3 aromatic carbocycles. The molecule has 10 heteroatoms. The van der Waals surface area contributed by atoms with Crippen molar-refractivity contribution in [1.29, 1.82) is 0 Å². The molecule has 0 radical (unpaired) electrons. The molecule has 7 nitrogen and oxygen atoms in total. The van der Waals surface area contributed by atoms with Crippen molar-refractivity contribution < 1.29 is 23.5 Å². The van der Waals surface area contributed by atoms with E-state index in [1.54, 1.807) is 41.3 Å². The molecule has 0 aromatic heterocycles. The molecule has 2 aliphatic rings. The molecule has 2 heterocycles. The van der Waals surface area contributed by atoms with Gasteiger partial charge < -0.3 is 19.7 Å². The number of rotatable bonds is 11. The predicted molar refractivity (Wildman–Crippen MR) is 169 cm³/mol. The molecule has 3 aromatic rings. The van der Waals surface area contributed by atoms with Crippen molar-refractivity contribution in [2.24, 2.45) is 0 Å². The van der Waals surface area contributed by atoms with Crippen LogP contribution in [0.4, 0.5) is 4.39 Å². The second-order valence-electron chi connectivity index (χ2n) is 11.2. The largest absolute Gasteiger partial charge is 0.379 e. The molecule has 0 aliphatic carbocycles. The van der Waals surface area contributed by atoms with Gasteiger partial charge in [-0.1, -0.05) is 72.9 Å². The van der Waals surface area contributed by atoms with Crippen LogP contribution in [-0.2, 0) is 25.5 Å². The van der Waals surface area contributed by atoms with E-state index in [0.717, 1.165) is 29.8 Å². The fourth-order valence-corrected chi connectivity index (χ4v) is 6.19. The fraction of sp³-hybridized carbons (Fsp3) is 0.412. The number of hydrogen-bond donors (Lipinski definition) is 1. The number of ether oxygens (including phenoxy) is 2. The van der Waals surface area contributed by atoms with Crippen molar-refractivity contribution in [3.05, 3.63) is 105 Å². The lowest BCUT2D eigenvalue weighted by Crippen LogP contribution is -2.59. The zero-order chi connectivity index (χ0) is 31.1. The molecular weight excluding hydrogens is 604 g/mol. The normalized spacial score (nSPS) is 21.7. The molecule has 2 fully saturated rings. The second kappa shape index (κ2) is 15.3. The molecule has 0 spiro atoms. The van der Waals surface area contributed by atoms with Crippen LogP contribution in [-0.4, -0.2) is 73.2 Å². The summed E-state index contributed by atoms with van der Waals surface area (Å²) in [6.45, 7) is 6.17. The van der Waals surface area contributed by atoms with Gasteiger partial charge in [0.25, 0.3) is 5.91 Å². The van der Waals surface area contributed by atoms with Crippen LogP contribution >= 0.6 is 23.2 Å². The van der Waals surface area contributed by atoms with Crippen LogP contribution in [0.5, 0.6) is 0 Å². The summed E-state index contributed by atoms with van der Waals surface area (Å²) in [5.41, 5.74) is 2.37. The van der Waals surface area contributed by atoms with Crippen LogP contribution < -0.4 is 5.32 Å². The number of amides is 2. The lowest BCUT2D eigenvalue weighted by Gasteiger charge is -2.47. The number of halogens is 3. The van der Waals surface area contributed by atoms with Gasteiger partial charge in [-0.3, -0.25) is 14.5 Å². The third kappa shape index (κ3) is 7.98. The van der Waals surface area contributed by atoms with E-state index in [1.165, 1.54) is 12.1 Å². The van der Waals surface area contributed by atoms with Crippen molar-refractivity contribution in [2.75, 3.05) is 39.4 Å². The molecule has 234 valence electrons. The van der Waals surface area contributed by atoms with Crippen LogP contribution in [0.2, 0.25) is 10.0 Å². The maximum absolute atomic E-state index is 14.5. The zero-order valence-corrected chi connectivity index (χ0v) is 26.3. The first-order chi connectivity index (χ1) is 21.3. The second-order valence-corrected chi connectivity index (χ2v) is 12.1. The zero-order valence-electron chi connectivity index (χ0n) is 24.8. The molecule has 2 amide bonds. The van der Waals surface area contributed by atoms with Gasteiger partial charge in [-0.15, -0.1) is 0 Å². The lowest BCUT2D eigenvalue weighted by atomic mass is 9.88.